The van der Waals surface area contributed by atoms with Gasteiger partial charge in [-0.25, -0.2) is 13.1 Å². The summed E-state index contributed by atoms with van der Waals surface area (Å²) in [6.07, 6.45) is 2.09. The van der Waals surface area contributed by atoms with E-state index in [9.17, 15) is 8.42 Å². The molecule has 0 aliphatic carbocycles. The lowest BCUT2D eigenvalue weighted by molar-refractivity contribution is 0.409. The molecule has 1 aromatic carbocycles. The molecule has 0 heterocycles. The molecule has 0 spiro atoms. The largest absolute Gasteiger partial charge is 0.496 e. The van der Waals surface area contributed by atoms with Gasteiger partial charge in [0.15, 0.2) is 0 Å². The summed E-state index contributed by atoms with van der Waals surface area (Å²) in [6, 6.07) is 3.69. The highest BCUT2D eigenvalue weighted by Gasteiger charge is 2.11. The summed E-state index contributed by atoms with van der Waals surface area (Å²) in [5.41, 5.74) is 1.84. The van der Waals surface area contributed by atoms with E-state index in [0.717, 1.165) is 23.3 Å². The van der Waals surface area contributed by atoms with Crippen molar-refractivity contribution < 1.29 is 13.2 Å². The molecule has 0 saturated carbocycles. The lowest BCUT2D eigenvalue weighted by atomic mass is 10.1. The first-order chi connectivity index (χ1) is 9.39. The number of halogens is 1. The zero-order valence-corrected chi connectivity index (χ0v) is 13.8. The molecule has 1 aromatic rings. The number of ether oxygens (including phenoxy) is 1. The van der Waals surface area contributed by atoms with E-state index < -0.39 is 10.0 Å². The Kier molecular flexibility index (Phi) is 6.79. The van der Waals surface area contributed by atoms with Crippen LogP contribution in [0.15, 0.2) is 12.1 Å². The molecule has 0 amide bonds. The average molecular weight is 320 g/mol. The number of rotatable bonds is 8. The molecular formula is C14H22ClNO3S. The molecule has 0 bridgehead atoms. The Bertz CT molecular complexity index is 544. The maximum atomic E-state index is 11.7. The summed E-state index contributed by atoms with van der Waals surface area (Å²) in [7, 11) is -1.58. The Morgan fingerprint density at radius 1 is 1.35 bits per heavy atom. The van der Waals surface area contributed by atoms with Crippen molar-refractivity contribution in [2.24, 2.45) is 0 Å². The van der Waals surface area contributed by atoms with Crippen LogP contribution in [0, 0.1) is 6.92 Å². The second-order valence-electron chi connectivity index (χ2n) is 4.73. The van der Waals surface area contributed by atoms with Crippen LogP contribution in [0.2, 0.25) is 5.02 Å². The number of benzene rings is 1. The molecule has 0 saturated heterocycles. The second kappa shape index (κ2) is 7.86. The first-order valence-corrected chi connectivity index (χ1v) is 8.73. The highest BCUT2D eigenvalue weighted by molar-refractivity contribution is 7.89. The Morgan fingerprint density at radius 3 is 2.65 bits per heavy atom. The molecule has 4 nitrogen and oxygen atoms in total. The predicted molar refractivity (Wildman–Crippen MR) is 83.1 cm³/mol. The van der Waals surface area contributed by atoms with Gasteiger partial charge in [0.2, 0.25) is 10.0 Å². The summed E-state index contributed by atoms with van der Waals surface area (Å²) >= 11 is 6.09. The molecule has 20 heavy (non-hydrogen) atoms. The lowest BCUT2D eigenvalue weighted by Crippen LogP contribution is -2.28. The maximum absolute atomic E-state index is 11.7. The van der Waals surface area contributed by atoms with Crippen molar-refractivity contribution in [3.05, 3.63) is 28.3 Å². The summed E-state index contributed by atoms with van der Waals surface area (Å²) in [4.78, 5) is 0. The molecule has 0 aliphatic heterocycles. The SMILES string of the molecule is CCCCS(=O)(=O)NCCc1cc(Cl)c(C)cc1OC. The summed E-state index contributed by atoms with van der Waals surface area (Å²) in [6.45, 7) is 4.22. The van der Waals surface area contributed by atoms with Crippen LogP contribution in [0.25, 0.3) is 0 Å². The van der Waals surface area contributed by atoms with Crippen LogP contribution in [0.1, 0.15) is 30.9 Å². The maximum Gasteiger partial charge on any atom is 0.211 e. The number of sulfonamides is 1. The van der Waals surface area contributed by atoms with E-state index in [1.165, 1.54) is 0 Å². The summed E-state index contributed by atoms with van der Waals surface area (Å²) < 4.78 is 31.3. The number of methoxy groups -OCH3 is 1. The van der Waals surface area contributed by atoms with Gasteiger partial charge in [0, 0.05) is 11.6 Å². The van der Waals surface area contributed by atoms with E-state index in [2.05, 4.69) is 4.72 Å². The van der Waals surface area contributed by atoms with Gasteiger partial charge >= 0.3 is 0 Å². The minimum atomic E-state index is -3.18. The predicted octanol–water partition coefficient (Wildman–Crippen LogP) is 2.92. The van der Waals surface area contributed by atoms with Gasteiger partial charge in [-0.2, -0.15) is 0 Å². The molecule has 0 aromatic heterocycles. The second-order valence-corrected chi connectivity index (χ2v) is 7.06. The van der Waals surface area contributed by atoms with Crippen molar-refractivity contribution in [1.82, 2.24) is 4.72 Å². The van der Waals surface area contributed by atoms with Crippen LogP contribution in [0.5, 0.6) is 5.75 Å². The van der Waals surface area contributed by atoms with Crippen molar-refractivity contribution in [2.45, 2.75) is 33.1 Å². The van der Waals surface area contributed by atoms with E-state index >= 15 is 0 Å². The topological polar surface area (TPSA) is 55.4 Å². The van der Waals surface area contributed by atoms with Crippen molar-refractivity contribution in [1.29, 1.82) is 0 Å². The summed E-state index contributed by atoms with van der Waals surface area (Å²) in [5.74, 6) is 0.912. The van der Waals surface area contributed by atoms with Gasteiger partial charge < -0.3 is 4.74 Å². The molecule has 0 fully saturated rings. The van der Waals surface area contributed by atoms with Crippen LogP contribution >= 0.6 is 11.6 Å². The highest BCUT2D eigenvalue weighted by atomic mass is 35.5. The minimum Gasteiger partial charge on any atom is -0.496 e. The Balaban J connectivity index is 2.64. The van der Waals surface area contributed by atoms with E-state index in [-0.39, 0.29) is 5.75 Å². The first-order valence-electron chi connectivity index (χ1n) is 6.70. The molecule has 1 N–H and O–H groups in total. The van der Waals surface area contributed by atoms with Crippen LogP contribution in [0.3, 0.4) is 0 Å². The highest BCUT2D eigenvalue weighted by Crippen LogP contribution is 2.26. The molecule has 6 heteroatoms. The standard InChI is InChI=1S/C14H22ClNO3S/c1-4-5-8-20(17,18)16-7-6-12-10-13(15)11(2)9-14(12)19-3/h9-10,16H,4-8H2,1-3H3. The summed E-state index contributed by atoms with van der Waals surface area (Å²) in [5, 5.41) is 0.662. The van der Waals surface area contributed by atoms with Crippen molar-refractivity contribution in [2.75, 3.05) is 19.4 Å². The molecule has 1 rings (SSSR count). The van der Waals surface area contributed by atoms with Crippen molar-refractivity contribution >= 4 is 21.6 Å². The number of hydrogen-bond acceptors (Lipinski definition) is 3. The van der Waals surface area contributed by atoms with Crippen LogP contribution in [-0.2, 0) is 16.4 Å². The van der Waals surface area contributed by atoms with E-state index in [0.29, 0.717) is 24.4 Å². The molecule has 0 atom stereocenters. The fourth-order valence-electron chi connectivity index (χ4n) is 1.83. The molecule has 0 unspecified atom stereocenters. The molecular weight excluding hydrogens is 298 g/mol. The van der Waals surface area contributed by atoms with Gasteiger partial charge in [-0.3, -0.25) is 0 Å². The molecule has 0 aliphatic rings. The fourth-order valence-corrected chi connectivity index (χ4v) is 3.24. The Hall–Kier alpha value is -0.780. The van der Waals surface area contributed by atoms with Crippen molar-refractivity contribution in [3.8, 4) is 5.75 Å². The van der Waals surface area contributed by atoms with Gasteiger partial charge in [0.1, 0.15) is 5.75 Å². The molecule has 114 valence electrons. The first kappa shape index (κ1) is 17.3. The average Bonchev–Trinajstić information content (AvgIpc) is 2.40. The van der Waals surface area contributed by atoms with E-state index in [4.69, 9.17) is 16.3 Å². The van der Waals surface area contributed by atoms with Crippen LogP contribution in [-0.4, -0.2) is 27.8 Å². The van der Waals surface area contributed by atoms with Gasteiger partial charge in [-0.15, -0.1) is 0 Å². The third-order valence-corrected chi connectivity index (χ3v) is 4.92. The monoisotopic (exact) mass is 319 g/mol. The van der Waals surface area contributed by atoms with Gasteiger partial charge in [-0.1, -0.05) is 24.9 Å². The van der Waals surface area contributed by atoms with Gasteiger partial charge in [-0.05, 0) is 43.0 Å². The molecule has 0 radical (unpaired) electrons. The Morgan fingerprint density at radius 2 is 2.05 bits per heavy atom. The Labute approximate surface area is 126 Å². The number of unbranched alkanes of at least 4 members (excludes halogenated alkanes) is 1. The van der Waals surface area contributed by atoms with Crippen molar-refractivity contribution in [3.63, 3.8) is 0 Å². The number of hydrogen-bond donors (Lipinski definition) is 1. The fraction of sp³-hybridized carbons (Fsp3) is 0.571. The quantitative estimate of drug-likeness (QED) is 0.801. The van der Waals surface area contributed by atoms with E-state index in [1.807, 2.05) is 26.0 Å². The third kappa shape index (κ3) is 5.31. The zero-order valence-electron chi connectivity index (χ0n) is 12.2. The van der Waals surface area contributed by atoms with Gasteiger partial charge in [0.05, 0.1) is 12.9 Å². The normalized spacial score (nSPS) is 11.6. The minimum absolute atomic E-state index is 0.176. The lowest BCUT2D eigenvalue weighted by Gasteiger charge is -2.11. The number of nitrogens with one attached hydrogen (secondary N) is 1. The van der Waals surface area contributed by atoms with Crippen LogP contribution in [0.4, 0.5) is 0 Å². The number of aryl methyl sites for hydroxylation is 1. The van der Waals surface area contributed by atoms with Gasteiger partial charge in [0.25, 0.3) is 0 Å². The zero-order chi connectivity index (χ0) is 15.2. The smallest absolute Gasteiger partial charge is 0.211 e. The third-order valence-electron chi connectivity index (χ3n) is 3.04. The van der Waals surface area contributed by atoms with E-state index in [1.54, 1.807) is 7.11 Å². The van der Waals surface area contributed by atoms with Crippen LogP contribution < -0.4 is 9.46 Å².